The number of furan rings is 1. The van der Waals surface area contributed by atoms with Crippen LogP contribution in [0.5, 0.6) is 0 Å². The van der Waals surface area contributed by atoms with Gasteiger partial charge in [0.1, 0.15) is 5.76 Å². The largest absolute Gasteiger partial charge is 0.469 e. The Bertz CT molecular complexity index is 722. The van der Waals surface area contributed by atoms with E-state index < -0.39 is 0 Å². The Kier molecular flexibility index (Phi) is 5.14. The van der Waals surface area contributed by atoms with Crippen LogP contribution >= 0.6 is 0 Å². The van der Waals surface area contributed by atoms with E-state index in [-0.39, 0.29) is 5.91 Å². The molecule has 24 heavy (non-hydrogen) atoms. The van der Waals surface area contributed by atoms with Crippen molar-refractivity contribution in [2.24, 2.45) is 5.10 Å². The SMILES string of the molecule is C/C(=N\NC(=O)c1ccoc1C)c1ccc(C2CCCCC2)cc1. The molecule has 0 unspecified atom stereocenters. The van der Waals surface area contributed by atoms with Gasteiger partial charge in [-0.05, 0) is 49.8 Å². The summed E-state index contributed by atoms with van der Waals surface area (Å²) in [5.41, 5.74) is 6.34. The maximum absolute atomic E-state index is 12.0. The van der Waals surface area contributed by atoms with E-state index >= 15 is 0 Å². The van der Waals surface area contributed by atoms with Crippen molar-refractivity contribution >= 4 is 11.6 Å². The zero-order valence-corrected chi connectivity index (χ0v) is 14.3. The molecule has 4 heteroatoms. The molecule has 0 radical (unpaired) electrons. The molecule has 4 nitrogen and oxygen atoms in total. The van der Waals surface area contributed by atoms with Gasteiger partial charge in [0.25, 0.3) is 5.91 Å². The van der Waals surface area contributed by atoms with Crippen molar-refractivity contribution in [1.29, 1.82) is 0 Å². The second-order valence-corrected chi connectivity index (χ2v) is 6.49. The van der Waals surface area contributed by atoms with Crippen LogP contribution in [0.15, 0.2) is 46.1 Å². The smallest absolute Gasteiger partial charge is 0.274 e. The lowest BCUT2D eigenvalue weighted by Gasteiger charge is -2.22. The van der Waals surface area contributed by atoms with Crippen molar-refractivity contribution in [2.75, 3.05) is 0 Å². The first kappa shape index (κ1) is 16.5. The van der Waals surface area contributed by atoms with Gasteiger partial charge in [-0.2, -0.15) is 5.10 Å². The second kappa shape index (κ2) is 7.47. The van der Waals surface area contributed by atoms with Gasteiger partial charge in [0.05, 0.1) is 17.5 Å². The Morgan fingerprint density at radius 3 is 2.46 bits per heavy atom. The van der Waals surface area contributed by atoms with Crippen molar-refractivity contribution in [2.45, 2.75) is 51.9 Å². The van der Waals surface area contributed by atoms with Crippen LogP contribution in [0.3, 0.4) is 0 Å². The lowest BCUT2D eigenvalue weighted by atomic mass is 9.84. The number of hydrogen-bond donors (Lipinski definition) is 1. The second-order valence-electron chi connectivity index (χ2n) is 6.49. The first-order valence-electron chi connectivity index (χ1n) is 8.64. The lowest BCUT2D eigenvalue weighted by molar-refractivity contribution is 0.0953. The first-order valence-corrected chi connectivity index (χ1v) is 8.64. The van der Waals surface area contributed by atoms with Gasteiger partial charge in [-0.25, -0.2) is 5.43 Å². The summed E-state index contributed by atoms with van der Waals surface area (Å²) in [4.78, 5) is 12.0. The summed E-state index contributed by atoms with van der Waals surface area (Å²) < 4.78 is 5.14. The number of carbonyl (C=O) groups is 1. The average Bonchev–Trinajstić information content (AvgIpc) is 3.06. The Morgan fingerprint density at radius 2 is 1.83 bits per heavy atom. The average molecular weight is 324 g/mol. The Hall–Kier alpha value is -2.36. The number of carbonyl (C=O) groups excluding carboxylic acids is 1. The number of amides is 1. The predicted molar refractivity (Wildman–Crippen MR) is 95.4 cm³/mol. The predicted octanol–water partition coefficient (Wildman–Crippen LogP) is 4.79. The van der Waals surface area contributed by atoms with Gasteiger partial charge in [0.15, 0.2) is 0 Å². The Morgan fingerprint density at radius 1 is 1.12 bits per heavy atom. The molecule has 126 valence electrons. The van der Waals surface area contributed by atoms with Gasteiger partial charge in [0, 0.05) is 0 Å². The summed E-state index contributed by atoms with van der Waals surface area (Å²) >= 11 is 0. The number of aryl methyl sites for hydroxylation is 1. The van der Waals surface area contributed by atoms with Gasteiger partial charge in [0.2, 0.25) is 0 Å². The molecule has 2 aromatic rings. The van der Waals surface area contributed by atoms with Crippen LogP contribution in [0.25, 0.3) is 0 Å². The van der Waals surface area contributed by atoms with Gasteiger partial charge < -0.3 is 4.42 Å². The van der Waals surface area contributed by atoms with E-state index in [9.17, 15) is 4.79 Å². The zero-order chi connectivity index (χ0) is 16.9. The topological polar surface area (TPSA) is 54.6 Å². The molecule has 1 fully saturated rings. The Balaban J connectivity index is 1.65. The van der Waals surface area contributed by atoms with Crippen molar-refractivity contribution in [3.63, 3.8) is 0 Å². The van der Waals surface area contributed by atoms with Crippen molar-refractivity contribution < 1.29 is 9.21 Å². The van der Waals surface area contributed by atoms with Crippen molar-refractivity contribution in [1.82, 2.24) is 5.43 Å². The summed E-state index contributed by atoms with van der Waals surface area (Å²) in [6, 6.07) is 10.2. The number of hydrazone groups is 1. The quantitative estimate of drug-likeness (QED) is 0.649. The highest BCUT2D eigenvalue weighted by Crippen LogP contribution is 2.32. The highest BCUT2D eigenvalue weighted by atomic mass is 16.3. The summed E-state index contributed by atoms with van der Waals surface area (Å²) in [5.74, 6) is 1.05. The fourth-order valence-electron chi connectivity index (χ4n) is 3.31. The van der Waals surface area contributed by atoms with Gasteiger partial charge in [-0.3, -0.25) is 4.79 Å². The molecule has 0 bridgehead atoms. The molecule has 1 heterocycles. The van der Waals surface area contributed by atoms with Crippen molar-refractivity contribution in [3.05, 3.63) is 59.0 Å². The number of rotatable bonds is 4. The third-order valence-corrected chi connectivity index (χ3v) is 4.83. The minimum atomic E-state index is -0.251. The standard InChI is InChI=1S/C20H24N2O2/c1-14(21-22-20(23)19-12-13-24-15(19)2)16-8-10-18(11-9-16)17-6-4-3-5-7-17/h8-13,17H,3-7H2,1-2H3,(H,22,23)/b21-14+. The molecule has 3 rings (SSSR count). The zero-order valence-electron chi connectivity index (χ0n) is 14.3. The maximum atomic E-state index is 12.0. The van der Waals surface area contributed by atoms with Crippen LogP contribution < -0.4 is 5.43 Å². The normalized spacial score (nSPS) is 16.2. The van der Waals surface area contributed by atoms with E-state index in [1.165, 1.54) is 43.9 Å². The van der Waals surface area contributed by atoms with Crippen LogP contribution in [-0.2, 0) is 0 Å². The summed E-state index contributed by atoms with van der Waals surface area (Å²) in [6.45, 7) is 3.66. The van der Waals surface area contributed by atoms with E-state index in [4.69, 9.17) is 4.42 Å². The number of nitrogens with zero attached hydrogens (tertiary/aromatic N) is 1. The molecule has 1 amide bonds. The molecule has 1 aromatic carbocycles. The van der Waals surface area contributed by atoms with Gasteiger partial charge >= 0.3 is 0 Å². The molecule has 0 aliphatic heterocycles. The van der Waals surface area contributed by atoms with E-state index in [1.807, 2.05) is 6.92 Å². The van der Waals surface area contributed by atoms with E-state index in [1.54, 1.807) is 13.0 Å². The van der Waals surface area contributed by atoms with Crippen molar-refractivity contribution in [3.8, 4) is 0 Å². The van der Waals surface area contributed by atoms with Crippen LogP contribution in [0, 0.1) is 6.92 Å². The van der Waals surface area contributed by atoms with Crippen LogP contribution in [0.2, 0.25) is 0 Å². The van der Waals surface area contributed by atoms with Crippen LogP contribution in [-0.4, -0.2) is 11.6 Å². The molecular weight excluding hydrogens is 300 g/mol. The monoisotopic (exact) mass is 324 g/mol. The summed E-state index contributed by atoms with van der Waals surface area (Å²) in [7, 11) is 0. The highest BCUT2D eigenvalue weighted by Gasteiger charge is 2.15. The third-order valence-electron chi connectivity index (χ3n) is 4.83. The molecule has 0 atom stereocenters. The van der Waals surface area contributed by atoms with Gasteiger partial charge in [-0.15, -0.1) is 0 Å². The summed E-state index contributed by atoms with van der Waals surface area (Å²) in [6.07, 6.45) is 8.15. The maximum Gasteiger partial charge on any atom is 0.274 e. The number of hydrogen-bond acceptors (Lipinski definition) is 3. The highest BCUT2D eigenvalue weighted by molar-refractivity contribution is 6.01. The van der Waals surface area contributed by atoms with E-state index in [2.05, 4.69) is 34.8 Å². The number of benzene rings is 1. The molecule has 0 spiro atoms. The minimum Gasteiger partial charge on any atom is -0.469 e. The molecule has 1 aromatic heterocycles. The lowest BCUT2D eigenvalue weighted by Crippen LogP contribution is -2.19. The van der Waals surface area contributed by atoms with Gasteiger partial charge in [-0.1, -0.05) is 43.5 Å². The van der Waals surface area contributed by atoms with Crippen LogP contribution in [0.4, 0.5) is 0 Å². The Labute approximate surface area is 143 Å². The molecule has 1 saturated carbocycles. The molecule has 1 aliphatic rings. The summed E-state index contributed by atoms with van der Waals surface area (Å²) in [5, 5.41) is 4.21. The third kappa shape index (κ3) is 3.75. The van der Waals surface area contributed by atoms with E-state index in [0.29, 0.717) is 17.2 Å². The van der Waals surface area contributed by atoms with E-state index in [0.717, 1.165) is 11.3 Å². The minimum absolute atomic E-state index is 0.251. The molecular formula is C20H24N2O2. The number of nitrogens with one attached hydrogen (secondary N) is 1. The van der Waals surface area contributed by atoms with Crippen LogP contribution in [0.1, 0.15) is 72.2 Å². The molecule has 0 saturated heterocycles. The molecule has 1 aliphatic carbocycles. The molecule has 1 N–H and O–H groups in total. The first-order chi connectivity index (χ1) is 11.6. The fourth-order valence-corrected chi connectivity index (χ4v) is 3.31. The fraction of sp³-hybridized carbons (Fsp3) is 0.400.